The van der Waals surface area contributed by atoms with E-state index in [1.54, 1.807) is 0 Å². The number of rotatable bonds is 4. The summed E-state index contributed by atoms with van der Waals surface area (Å²) in [7, 11) is 0. The molecule has 4 saturated carbocycles. The van der Waals surface area contributed by atoms with Crippen molar-refractivity contribution in [3.8, 4) is 0 Å². The van der Waals surface area contributed by atoms with E-state index in [9.17, 15) is 0 Å². The van der Waals surface area contributed by atoms with Crippen molar-refractivity contribution in [1.82, 2.24) is 0 Å². The zero-order chi connectivity index (χ0) is 18.5. The van der Waals surface area contributed by atoms with Crippen LogP contribution in [-0.4, -0.2) is 12.7 Å². The van der Waals surface area contributed by atoms with Crippen LogP contribution in [0, 0.1) is 40.4 Å². The second-order valence-electron chi connectivity index (χ2n) is 10.7. The Morgan fingerprint density at radius 3 is 2.46 bits per heavy atom. The predicted molar refractivity (Wildman–Crippen MR) is 110 cm³/mol. The van der Waals surface area contributed by atoms with Crippen LogP contribution in [0.1, 0.15) is 78.6 Å². The molecule has 4 aliphatic rings. The normalized spacial score (nSPS) is 50.4. The summed E-state index contributed by atoms with van der Waals surface area (Å²) in [5, 5.41) is 0. The molecule has 26 heavy (non-hydrogen) atoms. The third-order valence-corrected chi connectivity index (χ3v) is 9.66. The van der Waals surface area contributed by atoms with Gasteiger partial charge in [-0.3, -0.25) is 0 Å². The lowest BCUT2D eigenvalue weighted by Gasteiger charge is -2.61. The first kappa shape index (κ1) is 18.8. The van der Waals surface area contributed by atoms with E-state index in [0.29, 0.717) is 16.9 Å². The highest BCUT2D eigenvalue weighted by atomic mass is 16.5. The first-order valence-electron chi connectivity index (χ1n) is 11.3. The minimum Gasteiger partial charge on any atom is -0.374 e. The van der Waals surface area contributed by atoms with Gasteiger partial charge >= 0.3 is 0 Å². The van der Waals surface area contributed by atoms with Crippen LogP contribution >= 0.6 is 0 Å². The maximum Gasteiger partial charge on any atom is 0.0648 e. The molecule has 1 heteroatoms. The number of hydrogen-bond acceptors (Lipinski definition) is 1. The molecule has 4 fully saturated rings. The molecule has 0 saturated heterocycles. The van der Waals surface area contributed by atoms with Gasteiger partial charge in [0, 0.05) is 0 Å². The minimum absolute atomic E-state index is 0.482. The Morgan fingerprint density at radius 2 is 1.73 bits per heavy atom. The van der Waals surface area contributed by atoms with Gasteiger partial charge in [-0.1, -0.05) is 32.1 Å². The third kappa shape index (κ3) is 2.76. The highest BCUT2D eigenvalue weighted by molar-refractivity contribution is 5.15. The van der Waals surface area contributed by atoms with Crippen LogP contribution in [0.4, 0.5) is 0 Å². The molecule has 0 aromatic carbocycles. The Hall–Kier alpha value is -0.560. The number of ether oxygens (including phenoxy) is 1. The van der Waals surface area contributed by atoms with Crippen molar-refractivity contribution in [2.75, 3.05) is 6.61 Å². The monoisotopic (exact) mass is 356 g/mol. The standard InChI is InChI=1S/C25H40O/c1-6-15-26-19-11-13-24(4)18(16-19)7-8-20-22-10-9-21(17(2)3)25(22,5)14-12-23(20)24/h6,18-23H,1-2,7-16H2,3-5H3/t18-,19-,20?,21+,22?,23?,24-,25+/m0/s1. The molecule has 8 atom stereocenters. The van der Waals surface area contributed by atoms with E-state index < -0.39 is 0 Å². The first-order chi connectivity index (χ1) is 12.4. The lowest BCUT2D eigenvalue weighted by molar-refractivity contribution is -0.131. The summed E-state index contributed by atoms with van der Waals surface area (Å²) in [6.07, 6.45) is 15.0. The van der Waals surface area contributed by atoms with Gasteiger partial charge in [-0.2, -0.15) is 0 Å². The van der Waals surface area contributed by atoms with Crippen LogP contribution in [0.15, 0.2) is 24.8 Å². The second-order valence-corrected chi connectivity index (χ2v) is 10.7. The molecular formula is C25H40O. The van der Waals surface area contributed by atoms with Crippen molar-refractivity contribution in [2.45, 2.75) is 84.7 Å². The Morgan fingerprint density at radius 1 is 1.00 bits per heavy atom. The fraction of sp³-hybridized carbons (Fsp3) is 0.840. The van der Waals surface area contributed by atoms with Crippen molar-refractivity contribution in [1.29, 1.82) is 0 Å². The Labute approximate surface area is 161 Å². The fourth-order valence-corrected chi connectivity index (χ4v) is 8.38. The Balaban J connectivity index is 1.52. The summed E-state index contributed by atoms with van der Waals surface area (Å²) in [5.74, 6) is 4.56. The molecule has 0 aromatic heterocycles. The molecule has 0 bridgehead atoms. The number of hydrogen-bond donors (Lipinski definition) is 0. The minimum atomic E-state index is 0.482. The van der Waals surface area contributed by atoms with Gasteiger partial charge in [0.05, 0.1) is 12.7 Å². The average Bonchev–Trinajstić information content (AvgIpc) is 2.97. The summed E-state index contributed by atoms with van der Waals surface area (Å²) in [4.78, 5) is 0. The molecule has 0 N–H and O–H groups in total. The molecule has 0 radical (unpaired) electrons. The van der Waals surface area contributed by atoms with E-state index in [-0.39, 0.29) is 0 Å². The third-order valence-electron chi connectivity index (χ3n) is 9.66. The van der Waals surface area contributed by atoms with Crippen molar-refractivity contribution in [3.63, 3.8) is 0 Å². The van der Waals surface area contributed by atoms with Crippen LogP contribution in [0.3, 0.4) is 0 Å². The maximum absolute atomic E-state index is 6.06. The molecule has 3 unspecified atom stereocenters. The van der Waals surface area contributed by atoms with Gasteiger partial charge in [0.25, 0.3) is 0 Å². The van der Waals surface area contributed by atoms with E-state index in [0.717, 1.165) is 36.2 Å². The molecule has 0 heterocycles. The van der Waals surface area contributed by atoms with Gasteiger partial charge in [-0.05, 0) is 105 Å². The maximum atomic E-state index is 6.06. The molecule has 1 nitrogen and oxygen atoms in total. The zero-order valence-corrected chi connectivity index (χ0v) is 17.4. The Bertz CT molecular complexity index is 565. The van der Waals surface area contributed by atoms with Crippen LogP contribution in [-0.2, 0) is 4.74 Å². The zero-order valence-electron chi connectivity index (χ0n) is 17.4. The smallest absolute Gasteiger partial charge is 0.0648 e. The average molecular weight is 357 g/mol. The number of fused-ring (bicyclic) bond motifs is 5. The highest BCUT2D eigenvalue weighted by Crippen LogP contribution is 2.68. The molecular weight excluding hydrogens is 316 g/mol. The molecule has 146 valence electrons. The van der Waals surface area contributed by atoms with Gasteiger partial charge in [-0.25, -0.2) is 0 Å². The van der Waals surface area contributed by atoms with Crippen molar-refractivity contribution in [3.05, 3.63) is 24.8 Å². The number of allylic oxidation sites excluding steroid dienone is 1. The lowest BCUT2D eigenvalue weighted by atomic mass is 9.44. The summed E-state index contributed by atoms with van der Waals surface area (Å²) < 4.78 is 6.06. The summed E-state index contributed by atoms with van der Waals surface area (Å²) >= 11 is 0. The Kier molecular flexibility index (Phi) is 4.91. The molecule has 4 rings (SSSR count). The second kappa shape index (κ2) is 6.80. The van der Waals surface area contributed by atoms with Gasteiger partial charge in [0.1, 0.15) is 0 Å². The molecule has 4 aliphatic carbocycles. The van der Waals surface area contributed by atoms with E-state index in [1.807, 2.05) is 6.08 Å². The van der Waals surface area contributed by atoms with Crippen LogP contribution in [0.2, 0.25) is 0 Å². The molecule has 0 amide bonds. The molecule has 0 aromatic rings. The van der Waals surface area contributed by atoms with Gasteiger partial charge in [0.2, 0.25) is 0 Å². The van der Waals surface area contributed by atoms with E-state index in [4.69, 9.17) is 4.74 Å². The highest BCUT2D eigenvalue weighted by Gasteiger charge is 2.60. The van der Waals surface area contributed by atoms with E-state index >= 15 is 0 Å². The van der Waals surface area contributed by atoms with Crippen LogP contribution < -0.4 is 0 Å². The first-order valence-corrected chi connectivity index (χ1v) is 11.3. The summed E-state index contributed by atoms with van der Waals surface area (Å²) in [5.41, 5.74) is 2.56. The van der Waals surface area contributed by atoms with Crippen molar-refractivity contribution < 1.29 is 4.74 Å². The summed E-state index contributed by atoms with van der Waals surface area (Å²) in [6.45, 7) is 16.5. The largest absolute Gasteiger partial charge is 0.374 e. The lowest BCUT2D eigenvalue weighted by Crippen LogP contribution is -2.54. The molecule has 0 aliphatic heterocycles. The topological polar surface area (TPSA) is 9.23 Å². The van der Waals surface area contributed by atoms with Gasteiger partial charge < -0.3 is 4.74 Å². The SMILES string of the molecule is C=CCO[C@H]1CC[C@]2(C)C3CC[C@@]4(C)C(CC[C@@H]4C(=C)C)C3CC[C@H]2C1. The summed E-state index contributed by atoms with van der Waals surface area (Å²) in [6, 6.07) is 0. The molecule has 0 spiro atoms. The van der Waals surface area contributed by atoms with Gasteiger partial charge in [-0.15, -0.1) is 6.58 Å². The van der Waals surface area contributed by atoms with Crippen LogP contribution in [0.5, 0.6) is 0 Å². The van der Waals surface area contributed by atoms with Gasteiger partial charge in [0.15, 0.2) is 0 Å². The van der Waals surface area contributed by atoms with E-state index in [2.05, 4.69) is 33.9 Å². The van der Waals surface area contributed by atoms with Crippen LogP contribution in [0.25, 0.3) is 0 Å². The predicted octanol–water partition coefficient (Wildman–Crippen LogP) is 6.79. The van der Waals surface area contributed by atoms with Crippen molar-refractivity contribution >= 4 is 0 Å². The fourth-order valence-electron chi connectivity index (χ4n) is 8.38. The van der Waals surface area contributed by atoms with E-state index in [1.165, 1.54) is 63.4 Å². The van der Waals surface area contributed by atoms with Crippen molar-refractivity contribution in [2.24, 2.45) is 40.4 Å². The quantitative estimate of drug-likeness (QED) is 0.504.